The van der Waals surface area contributed by atoms with Crippen molar-refractivity contribution in [3.63, 3.8) is 0 Å². The Balaban J connectivity index is 2.59. The zero-order chi connectivity index (χ0) is 12.8. The highest BCUT2D eigenvalue weighted by molar-refractivity contribution is 5.73. The van der Waals surface area contributed by atoms with Crippen LogP contribution in [-0.2, 0) is 4.79 Å². The first kappa shape index (κ1) is 13.2. The molecule has 0 heterocycles. The molecule has 1 aromatic carbocycles. The van der Waals surface area contributed by atoms with Crippen molar-refractivity contribution in [3.8, 4) is 5.75 Å². The third kappa shape index (κ3) is 4.22. The van der Waals surface area contributed by atoms with Gasteiger partial charge in [0, 0.05) is 25.6 Å². The second kappa shape index (κ2) is 5.98. The quantitative estimate of drug-likeness (QED) is 0.673. The zero-order valence-corrected chi connectivity index (χ0v) is 10.4. The topological polar surface area (TPSA) is 76.4 Å². The Hall–Kier alpha value is -1.91. The fourth-order valence-electron chi connectivity index (χ4n) is 1.48. The summed E-state index contributed by atoms with van der Waals surface area (Å²) in [7, 11) is 1.61. The summed E-state index contributed by atoms with van der Waals surface area (Å²) >= 11 is 0. The van der Waals surface area contributed by atoms with Crippen LogP contribution in [0.2, 0.25) is 0 Å². The molecule has 5 heteroatoms. The van der Waals surface area contributed by atoms with Gasteiger partial charge in [-0.15, -0.1) is 0 Å². The highest BCUT2D eigenvalue weighted by Crippen LogP contribution is 2.24. The highest BCUT2D eigenvalue weighted by Gasteiger charge is 2.05. The molecular weight excluding hydrogens is 218 g/mol. The Morgan fingerprint density at radius 3 is 2.82 bits per heavy atom. The van der Waals surface area contributed by atoms with Crippen LogP contribution in [0, 0.1) is 0 Å². The van der Waals surface area contributed by atoms with Crippen LogP contribution in [0.5, 0.6) is 5.75 Å². The Kier molecular flexibility index (Phi) is 4.63. The molecule has 1 rings (SSSR count). The Morgan fingerprint density at radius 1 is 1.53 bits per heavy atom. The second-order valence-electron chi connectivity index (χ2n) is 3.94. The first-order valence-electron chi connectivity index (χ1n) is 5.47. The van der Waals surface area contributed by atoms with E-state index in [2.05, 4.69) is 10.6 Å². The summed E-state index contributed by atoms with van der Waals surface area (Å²) in [5, 5.41) is 5.96. The predicted octanol–water partition coefficient (Wildman–Crippen LogP) is 1.21. The molecule has 1 unspecified atom stereocenters. The van der Waals surface area contributed by atoms with Crippen LogP contribution < -0.4 is 21.1 Å². The van der Waals surface area contributed by atoms with Crippen molar-refractivity contribution in [2.24, 2.45) is 0 Å². The average Bonchev–Trinajstić information content (AvgIpc) is 2.27. The van der Waals surface area contributed by atoms with Gasteiger partial charge in [0.05, 0.1) is 18.5 Å². The normalized spacial score (nSPS) is 11.7. The number of nitrogens with two attached hydrogens (primary N) is 1. The SMILES string of the molecule is COc1ccc(N)c(NCC(C)NC(C)=O)c1. The molecular formula is C12H19N3O2. The molecule has 0 aliphatic heterocycles. The number of rotatable bonds is 5. The summed E-state index contributed by atoms with van der Waals surface area (Å²) in [6.07, 6.45) is 0. The Bertz CT molecular complexity index is 393. The van der Waals surface area contributed by atoms with E-state index in [0.29, 0.717) is 12.2 Å². The van der Waals surface area contributed by atoms with Crippen LogP contribution >= 0.6 is 0 Å². The van der Waals surface area contributed by atoms with Crippen LogP contribution in [0.4, 0.5) is 11.4 Å². The number of methoxy groups -OCH3 is 1. The molecule has 4 N–H and O–H groups in total. The van der Waals surface area contributed by atoms with Gasteiger partial charge in [0.15, 0.2) is 0 Å². The van der Waals surface area contributed by atoms with E-state index in [1.807, 2.05) is 13.0 Å². The number of carbonyl (C=O) groups is 1. The molecule has 0 saturated heterocycles. The van der Waals surface area contributed by atoms with Gasteiger partial charge in [-0.05, 0) is 19.1 Å². The Labute approximate surface area is 101 Å². The summed E-state index contributed by atoms with van der Waals surface area (Å²) in [6.45, 7) is 4.03. The van der Waals surface area contributed by atoms with Crippen molar-refractivity contribution < 1.29 is 9.53 Å². The highest BCUT2D eigenvalue weighted by atomic mass is 16.5. The minimum absolute atomic E-state index is 0.0399. The van der Waals surface area contributed by atoms with Gasteiger partial charge in [0.25, 0.3) is 0 Å². The van der Waals surface area contributed by atoms with Gasteiger partial charge in [-0.1, -0.05) is 0 Å². The molecule has 0 aliphatic rings. The molecule has 0 aromatic heterocycles. The lowest BCUT2D eigenvalue weighted by Gasteiger charge is -2.16. The maximum absolute atomic E-state index is 10.8. The van der Waals surface area contributed by atoms with E-state index in [1.54, 1.807) is 19.2 Å². The molecule has 0 bridgehead atoms. The van der Waals surface area contributed by atoms with E-state index in [9.17, 15) is 4.79 Å². The first-order chi connectivity index (χ1) is 8.02. The lowest BCUT2D eigenvalue weighted by atomic mass is 10.2. The summed E-state index contributed by atoms with van der Waals surface area (Å²) in [6, 6.07) is 5.45. The molecule has 17 heavy (non-hydrogen) atoms. The second-order valence-corrected chi connectivity index (χ2v) is 3.94. The number of anilines is 2. The Morgan fingerprint density at radius 2 is 2.24 bits per heavy atom. The van der Waals surface area contributed by atoms with Crippen LogP contribution in [0.3, 0.4) is 0 Å². The molecule has 0 spiro atoms. The monoisotopic (exact) mass is 237 g/mol. The van der Waals surface area contributed by atoms with Crippen molar-refractivity contribution in [2.75, 3.05) is 24.7 Å². The standard InChI is InChI=1S/C12H19N3O2/c1-8(15-9(2)16)7-14-12-6-10(17-3)4-5-11(12)13/h4-6,8,14H,7,13H2,1-3H3,(H,15,16). The maximum atomic E-state index is 10.8. The van der Waals surface area contributed by atoms with Crippen molar-refractivity contribution >= 4 is 17.3 Å². The summed E-state index contributed by atoms with van der Waals surface area (Å²) in [5.41, 5.74) is 7.29. The van der Waals surface area contributed by atoms with Crippen molar-refractivity contribution in [2.45, 2.75) is 19.9 Å². The number of ether oxygens (including phenoxy) is 1. The van der Waals surface area contributed by atoms with E-state index in [-0.39, 0.29) is 11.9 Å². The number of amides is 1. The van der Waals surface area contributed by atoms with Gasteiger partial charge in [0.2, 0.25) is 5.91 Å². The fourth-order valence-corrected chi connectivity index (χ4v) is 1.48. The lowest BCUT2D eigenvalue weighted by molar-refractivity contribution is -0.119. The smallest absolute Gasteiger partial charge is 0.217 e. The van der Waals surface area contributed by atoms with Crippen LogP contribution in [-0.4, -0.2) is 25.6 Å². The van der Waals surface area contributed by atoms with Gasteiger partial charge in [0.1, 0.15) is 5.75 Å². The van der Waals surface area contributed by atoms with Crippen molar-refractivity contribution in [3.05, 3.63) is 18.2 Å². The summed E-state index contributed by atoms with van der Waals surface area (Å²) < 4.78 is 5.12. The molecule has 0 saturated carbocycles. The minimum Gasteiger partial charge on any atom is -0.497 e. The number of nitrogen functional groups attached to an aromatic ring is 1. The molecule has 0 aliphatic carbocycles. The van der Waals surface area contributed by atoms with Crippen LogP contribution in [0.1, 0.15) is 13.8 Å². The van der Waals surface area contributed by atoms with E-state index in [1.165, 1.54) is 6.92 Å². The molecule has 94 valence electrons. The molecule has 0 fully saturated rings. The third-order valence-corrected chi connectivity index (χ3v) is 2.31. The predicted molar refractivity (Wildman–Crippen MR) is 69.2 cm³/mol. The molecule has 1 aromatic rings. The average molecular weight is 237 g/mol. The van der Waals surface area contributed by atoms with Gasteiger partial charge in [-0.25, -0.2) is 0 Å². The summed E-state index contributed by atoms with van der Waals surface area (Å²) in [5.74, 6) is 0.701. The van der Waals surface area contributed by atoms with Crippen molar-refractivity contribution in [1.82, 2.24) is 5.32 Å². The maximum Gasteiger partial charge on any atom is 0.217 e. The van der Waals surface area contributed by atoms with Gasteiger partial charge in [-0.2, -0.15) is 0 Å². The zero-order valence-electron chi connectivity index (χ0n) is 10.4. The number of hydrogen-bond donors (Lipinski definition) is 3. The number of hydrogen-bond acceptors (Lipinski definition) is 4. The number of nitrogens with one attached hydrogen (secondary N) is 2. The largest absolute Gasteiger partial charge is 0.497 e. The minimum atomic E-state index is -0.0436. The molecule has 1 amide bonds. The van der Waals surface area contributed by atoms with E-state index in [4.69, 9.17) is 10.5 Å². The van der Waals surface area contributed by atoms with Crippen molar-refractivity contribution in [1.29, 1.82) is 0 Å². The number of benzene rings is 1. The van der Waals surface area contributed by atoms with Gasteiger partial charge in [-0.3, -0.25) is 4.79 Å². The third-order valence-electron chi connectivity index (χ3n) is 2.31. The molecule has 0 radical (unpaired) electrons. The van der Waals surface area contributed by atoms with Crippen LogP contribution in [0.25, 0.3) is 0 Å². The lowest BCUT2D eigenvalue weighted by Crippen LogP contribution is -2.35. The molecule has 5 nitrogen and oxygen atoms in total. The van der Waals surface area contributed by atoms with Gasteiger partial charge < -0.3 is 21.1 Å². The van der Waals surface area contributed by atoms with Gasteiger partial charge >= 0.3 is 0 Å². The first-order valence-corrected chi connectivity index (χ1v) is 5.47. The summed E-state index contributed by atoms with van der Waals surface area (Å²) in [4.78, 5) is 10.8. The van der Waals surface area contributed by atoms with E-state index < -0.39 is 0 Å². The van der Waals surface area contributed by atoms with E-state index in [0.717, 1.165) is 11.4 Å². The van der Waals surface area contributed by atoms with E-state index >= 15 is 0 Å². The number of carbonyl (C=O) groups excluding carboxylic acids is 1. The van der Waals surface area contributed by atoms with Crippen LogP contribution in [0.15, 0.2) is 18.2 Å². The fraction of sp³-hybridized carbons (Fsp3) is 0.417. The molecule has 1 atom stereocenters.